The Morgan fingerprint density at radius 2 is 1.83 bits per heavy atom. The van der Waals surface area contributed by atoms with E-state index in [-0.39, 0.29) is 50.8 Å². The van der Waals surface area contributed by atoms with Gasteiger partial charge < -0.3 is 33.9 Å². The number of hydrogen-bond acceptors (Lipinski definition) is 7. The summed E-state index contributed by atoms with van der Waals surface area (Å²) in [6, 6.07) is 9.32. The first-order valence-corrected chi connectivity index (χ1v) is 13.9. The van der Waals surface area contributed by atoms with Crippen LogP contribution in [0, 0.1) is 11.7 Å². The Balaban J connectivity index is 1.84. The smallest absolute Gasteiger partial charge is 0.324 e. The zero-order valence-electron chi connectivity index (χ0n) is 24.4. The van der Waals surface area contributed by atoms with Gasteiger partial charge in [0.25, 0.3) is 0 Å². The number of hydrogen-bond donors (Lipinski definition) is 1. The minimum Gasteiger partial charge on any atom is -0.496 e. The molecule has 10 nitrogen and oxygen atoms in total. The number of unbranched alkanes of at least 4 members (excludes halogenated alkanes) is 2. The molecule has 226 valence electrons. The number of likely N-dealkylation sites (N-methyl/N-ethyl adjacent to an activating group) is 1. The highest BCUT2D eigenvalue weighted by molar-refractivity contribution is 5.93. The fraction of sp³-hybridized carbons (Fsp3) is 0.533. The van der Waals surface area contributed by atoms with Crippen LogP contribution in [0.2, 0.25) is 0 Å². The molecule has 3 amide bonds. The lowest BCUT2D eigenvalue weighted by molar-refractivity contribution is -0.135. The summed E-state index contributed by atoms with van der Waals surface area (Å²) in [6.07, 6.45) is 3.02. The second-order valence-electron chi connectivity index (χ2n) is 10.0. The second-order valence-corrected chi connectivity index (χ2v) is 10.0. The number of carbonyl (C=O) groups is 2. The third-order valence-electron chi connectivity index (χ3n) is 6.93. The van der Waals surface area contributed by atoms with Crippen molar-refractivity contribution >= 4 is 17.6 Å². The first kappa shape index (κ1) is 32.0. The molecule has 1 atom stereocenters. The van der Waals surface area contributed by atoms with Crippen molar-refractivity contribution in [3.63, 3.8) is 0 Å². The monoisotopic (exact) mass is 575 g/mol. The van der Waals surface area contributed by atoms with E-state index in [4.69, 9.17) is 24.1 Å². The van der Waals surface area contributed by atoms with E-state index in [1.807, 2.05) is 0 Å². The SMILES string of the molecule is CCCCCOc1cc(N2CC(COCC(=O)N(C)CCO)CN(Cc3cc(F)ccc3OC)C2=O)ccc1OC. The maximum Gasteiger partial charge on any atom is 0.324 e. The Hall–Kier alpha value is -3.57. The summed E-state index contributed by atoms with van der Waals surface area (Å²) in [5.74, 6) is 0.773. The number of halogens is 1. The van der Waals surface area contributed by atoms with Gasteiger partial charge >= 0.3 is 6.03 Å². The van der Waals surface area contributed by atoms with Crippen LogP contribution in [-0.4, -0.2) is 94.2 Å². The molecular weight excluding hydrogens is 533 g/mol. The van der Waals surface area contributed by atoms with E-state index in [0.29, 0.717) is 48.2 Å². The van der Waals surface area contributed by atoms with E-state index in [0.717, 1.165) is 19.3 Å². The molecule has 0 spiro atoms. The summed E-state index contributed by atoms with van der Waals surface area (Å²) in [4.78, 5) is 30.7. The molecule has 0 bridgehead atoms. The Morgan fingerprint density at radius 1 is 1.07 bits per heavy atom. The van der Waals surface area contributed by atoms with E-state index < -0.39 is 5.82 Å². The molecule has 1 saturated heterocycles. The molecule has 1 heterocycles. The van der Waals surface area contributed by atoms with Crippen molar-refractivity contribution in [3.8, 4) is 17.2 Å². The molecule has 2 aromatic rings. The maximum absolute atomic E-state index is 14.1. The van der Waals surface area contributed by atoms with Crippen molar-refractivity contribution in [3.05, 3.63) is 47.8 Å². The van der Waals surface area contributed by atoms with Gasteiger partial charge in [-0.2, -0.15) is 0 Å². The fourth-order valence-corrected chi connectivity index (χ4v) is 4.66. The van der Waals surface area contributed by atoms with Gasteiger partial charge in [-0.25, -0.2) is 9.18 Å². The molecule has 1 fully saturated rings. The van der Waals surface area contributed by atoms with Gasteiger partial charge in [0.15, 0.2) is 11.5 Å². The topological polar surface area (TPSA) is 101 Å². The zero-order chi connectivity index (χ0) is 29.8. The van der Waals surface area contributed by atoms with E-state index in [1.54, 1.807) is 42.2 Å². The van der Waals surface area contributed by atoms with E-state index in [9.17, 15) is 14.0 Å². The summed E-state index contributed by atoms with van der Waals surface area (Å²) in [6.45, 7) is 3.63. The number of rotatable bonds is 16. The van der Waals surface area contributed by atoms with Gasteiger partial charge in [0, 0.05) is 49.9 Å². The van der Waals surface area contributed by atoms with Crippen LogP contribution in [0.3, 0.4) is 0 Å². The van der Waals surface area contributed by atoms with Gasteiger partial charge in [-0.3, -0.25) is 9.69 Å². The lowest BCUT2D eigenvalue weighted by Gasteiger charge is -2.40. The first-order valence-electron chi connectivity index (χ1n) is 13.9. The van der Waals surface area contributed by atoms with E-state index >= 15 is 0 Å². The third kappa shape index (κ3) is 8.96. The minimum absolute atomic E-state index is 0.126. The maximum atomic E-state index is 14.1. The summed E-state index contributed by atoms with van der Waals surface area (Å²) in [5.41, 5.74) is 1.17. The number of amides is 3. The van der Waals surface area contributed by atoms with Gasteiger partial charge in [-0.15, -0.1) is 0 Å². The summed E-state index contributed by atoms with van der Waals surface area (Å²) < 4.78 is 36.8. The highest BCUT2D eigenvalue weighted by atomic mass is 19.1. The molecule has 1 aliphatic heterocycles. The van der Waals surface area contributed by atoms with Crippen molar-refractivity contribution < 1.29 is 38.0 Å². The predicted molar refractivity (Wildman–Crippen MR) is 153 cm³/mol. The van der Waals surface area contributed by atoms with Crippen LogP contribution >= 0.6 is 0 Å². The van der Waals surface area contributed by atoms with Crippen LogP contribution in [-0.2, 0) is 16.1 Å². The Labute approximate surface area is 241 Å². The van der Waals surface area contributed by atoms with Crippen molar-refractivity contribution in [2.24, 2.45) is 5.92 Å². The van der Waals surface area contributed by atoms with Gasteiger partial charge in [-0.05, 0) is 36.8 Å². The van der Waals surface area contributed by atoms with Gasteiger partial charge in [0.05, 0.1) is 40.6 Å². The van der Waals surface area contributed by atoms with E-state index in [1.165, 1.54) is 30.2 Å². The van der Waals surface area contributed by atoms with Crippen LogP contribution in [0.4, 0.5) is 14.9 Å². The molecular formula is C30H42FN3O7. The Kier molecular flexibility index (Phi) is 12.5. The Bertz CT molecular complexity index is 1150. The standard InChI is InChI=1S/C30H42FN3O7/c1-5-6-7-14-41-28-16-25(9-11-27(28)39-4)34-18-22(20-40-21-29(36)32(2)12-13-35)17-33(30(34)37)19-23-15-24(31)8-10-26(23)38-3/h8-11,15-16,22,35H,5-7,12-14,17-21H2,1-4H3. The molecule has 1 unspecified atom stereocenters. The average Bonchev–Trinajstić information content (AvgIpc) is 2.97. The van der Waals surface area contributed by atoms with Crippen molar-refractivity contribution in [2.45, 2.75) is 32.7 Å². The van der Waals surface area contributed by atoms with E-state index in [2.05, 4.69) is 6.92 Å². The van der Waals surface area contributed by atoms with Crippen molar-refractivity contribution in [1.29, 1.82) is 0 Å². The number of carbonyl (C=O) groups excluding carboxylic acids is 2. The number of aliphatic hydroxyl groups is 1. The zero-order valence-corrected chi connectivity index (χ0v) is 24.4. The molecule has 0 radical (unpaired) electrons. The molecule has 2 aromatic carbocycles. The number of urea groups is 1. The lowest BCUT2D eigenvalue weighted by atomic mass is 10.0. The first-order chi connectivity index (χ1) is 19.8. The number of ether oxygens (including phenoxy) is 4. The number of methoxy groups -OCH3 is 2. The highest BCUT2D eigenvalue weighted by Crippen LogP contribution is 2.34. The largest absolute Gasteiger partial charge is 0.496 e. The molecule has 0 aliphatic carbocycles. The molecule has 0 saturated carbocycles. The molecule has 1 aliphatic rings. The number of aliphatic hydroxyl groups excluding tert-OH is 1. The molecule has 41 heavy (non-hydrogen) atoms. The van der Waals surface area contributed by atoms with Crippen molar-refractivity contribution in [1.82, 2.24) is 9.80 Å². The molecule has 1 N–H and O–H groups in total. The summed E-state index contributed by atoms with van der Waals surface area (Å²) >= 11 is 0. The van der Waals surface area contributed by atoms with Crippen LogP contribution in [0.25, 0.3) is 0 Å². The predicted octanol–water partition coefficient (Wildman–Crippen LogP) is 3.94. The third-order valence-corrected chi connectivity index (χ3v) is 6.93. The van der Waals surface area contributed by atoms with Crippen LogP contribution in [0.15, 0.2) is 36.4 Å². The van der Waals surface area contributed by atoms with Gasteiger partial charge in [0.1, 0.15) is 18.2 Å². The second kappa shape index (κ2) is 16.0. The number of nitrogens with zero attached hydrogens (tertiary/aromatic N) is 3. The molecule has 0 aromatic heterocycles. The van der Waals surface area contributed by atoms with Gasteiger partial charge in [0.2, 0.25) is 5.91 Å². The fourth-order valence-electron chi connectivity index (χ4n) is 4.66. The number of anilines is 1. The normalized spacial score (nSPS) is 15.2. The van der Waals surface area contributed by atoms with Crippen LogP contribution in [0.5, 0.6) is 17.2 Å². The molecule has 11 heteroatoms. The van der Waals surface area contributed by atoms with Crippen LogP contribution < -0.4 is 19.1 Å². The Morgan fingerprint density at radius 3 is 2.54 bits per heavy atom. The number of benzene rings is 2. The average molecular weight is 576 g/mol. The van der Waals surface area contributed by atoms with Crippen molar-refractivity contribution in [2.75, 3.05) is 72.2 Å². The summed E-state index contributed by atoms with van der Waals surface area (Å²) in [5, 5.41) is 9.08. The highest BCUT2D eigenvalue weighted by Gasteiger charge is 2.34. The lowest BCUT2D eigenvalue weighted by Crippen LogP contribution is -2.54. The molecule has 3 rings (SSSR count). The quantitative estimate of drug-likeness (QED) is 0.303. The minimum atomic E-state index is -0.424. The van der Waals surface area contributed by atoms with Crippen LogP contribution in [0.1, 0.15) is 31.7 Å². The van der Waals surface area contributed by atoms with Gasteiger partial charge in [-0.1, -0.05) is 19.8 Å². The summed E-state index contributed by atoms with van der Waals surface area (Å²) in [7, 11) is 4.67.